The lowest BCUT2D eigenvalue weighted by atomic mass is 10.1. The van der Waals surface area contributed by atoms with Gasteiger partial charge in [-0.3, -0.25) is 9.59 Å². The average molecular weight is 529 g/mol. The first kappa shape index (κ1) is 24.6. The van der Waals surface area contributed by atoms with E-state index in [4.69, 9.17) is 16.0 Å². The number of benzene rings is 2. The molecule has 7 nitrogen and oxygen atoms in total. The fraction of sp³-hybridized carbons (Fsp3) is 0.192. The van der Waals surface area contributed by atoms with E-state index in [1.807, 2.05) is 0 Å². The zero-order chi connectivity index (χ0) is 26.2. The molecule has 5 rings (SSSR count). The van der Waals surface area contributed by atoms with Gasteiger partial charge in [-0.25, -0.2) is 4.68 Å². The molecule has 2 aromatic carbocycles. The van der Waals surface area contributed by atoms with Gasteiger partial charge in [0.2, 0.25) is 0 Å². The van der Waals surface area contributed by atoms with Crippen LogP contribution in [0.5, 0.6) is 0 Å². The summed E-state index contributed by atoms with van der Waals surface area (Å²) >= 11 is 6.23. The van der Waals surface area contributed by atoms with Crippen LogP contribution in [0.25, 0.3) is 16.9 Å². The van der Waals surface area contributed by atoms with E-state index in [-0.39, 0.29) is 28.3 Å². The molecule has 2 amide bonds. The summed E-state index contributed by atoms with van der Waals surface area (Å²) in [4.78, 5) is 28.7. The Morgan fingerprint density at radius 2 is 1.51 bits per heavy atom. The fourth-order valence-corrected chi connectivity index (χ4v) is 4.38. The summed E-state index contributed by atoms with van der Waals surface area (Å²) in [6.07, 6.45) is -3.21. The number of carbonyl (C=O) groups is 2. The van der Waals surface area contributed by atoms with Gasteiger partial charge in [-0.1, -0.05) is 35.9 Å². The van der Waals surface area contributed by atoms with Crippen molar-refractivity contribution in [1.82, 2.24) is 19.6 Å². The zero-order valence-electron chi connectivity index (χ0n) is 19.3. The summed E-state index contributed by atoms with van der Waals surface area (Å²) in [6.45, 7) is 1.42. The highest BCUT2D eigenvalue weighted by atomic mass is 35.5. The van der Waals surface area contributed by atoms with Gasteiger partial charge in [0.1, 0.15) is 0 Å². The highest BCUT2D eigenvalue weighted by Gasteiger charge is 2.35. The normalized spacial score (nSPS) is 14.2. The summed E-state index contributed by atoms with van der Waals surface area (Å²) in [5.74, 6) is -0.206. The Morgan fingerprint density at radius 1 is 0.865 bits per heavy atom. The number of halogens is 4. The molecular weight excluding hydrogens is 509 g/mol. The van der Waals surface area contributed by atoms with E-state index in [1.54, 1.807) is 70.5 Å². The minimum Gasteiger partial charge on any atom is -0.459 e. The number of aromatic nitrogens is 2. The molecule has 37 heavy (non-hydrogen) atoms. The Kier molecular flexibility index (Phi) is 6.51. The first-order valence-electron chi connectivity index (χ1n) is 11.4. The monoisotopic (exact) mass is 528 g/mol. The van der Waals surface area contributed by atoms with E-state index < -0.39 is 11.9 Å². The molecule has 0 unspecified atom stereocenters. The van der Waals surface area contributed by atoms with Crippen molar-refractivity contribution in [3.8, 4) is 16.9 Å². The number of para-hydroxylation sites is 1. The quantitative estimate of drug-likeness (QED) is 0.355. The Hall–Kier alpha value is -4.05. The Morgan fingerprint density at radius 3 is 2.11 bits per heavy atom. The van der Waals surface area contributed by atoms with E-state index in [2.05, 4.69) is 5.10 Å². The van der Waals surface area contributed by atoms with Gasteiger partial charge in [0.25, 0.3) is 11.8 Å². The minimum absolute atomic E-state index is 0.185. The summed E-state index contributed by atoms with van der Waals surface area (Å²) < 4.78 is 46.7. The molecule has 3 heterocycles. The fourth-order valence-electron chi connectivity index (χ4n) is 4.17. The van der Waals surface area contributed by atoms with Gasteiger partial charge >= 0.3 is 6.18 Å². The maximum absolute atomic E-state index is 13.5. The standard InChI is InChI=1S/C26H20ClF3N4O3/c27-19-4-1-2-5-20(19)34-21(16-23(31-34)26(28,29)30)17-7-9-18(10-8-17)24(35)32-11-13-33(14-12-32)25(36)22-6-3-15-37-22/h1-10,15-16H,11-14H2. The summed E-state index contributed by atoms with van der Waals surface area (Å²) in [5, 5.41) is 4.00. The average Bonchev–Trinajstić information content (AvgIpc) is 3.59. The second-order valence-electron chi connectivity index (χ2n) is 8.41. The highest BCUT2D eigenvalue weighted by Crippen LogP contribution is 2.34. The maximum atomic E-state index is 13.5. The number of hydrogen-bond donors (Lipinski definition) is 0. The molecule has 1 aliphatic rings. The first-order valence-corrected chi connectivity index (χ1v) is 11.7. The van der Waals surface area contributed by atoms with Crippen LogP contribution in [0.2, 0.25) is 5.02 Å². The molecule has 2 aromatic heterocycles. The number of alkyl halides is 3. The smallest absolute Gasteiger partial charge is 0.435 e. The highest BCUT2D eigenvalue weighted by molar-refractivity contribution is 6.32. The Labute approximate surface area is 214 Å². The molecular formula is C26H20ClF3N4O3. The molecule has 4 aromatic rings. The first-order chi connectivity index (χ1) is 17.7. The number of rotatable bonds is 4. The van der Waals surface area contributed by atoms with Crippen LogP contribution in [0.15, 0.2) is 77.4 Å². The van der Waals surface area contributed by atoms with Crippen molar-refractivity contribution in [2.75, 3.05) is 26.2 Å². The van der Waals surface area contributed by atoms with Crippen molar-refractivity contribution in [1.29, 1.82) is 0 Å². The van der Waals surface area contributed by atoms with Crippen LogP contribution in [0.4, 0.5) is 13.2 Å². The van der Waals surface area contributed by atoms with Crippen LogP contribution in [0, 0.1) is 0 Å². The second kappa shape index (κ2) is 9.78. The molecule has 1 aliphatic heterocycles. The molecule has 1 fully saturated rings. The lowest BCUT2D eigenvalue weighted by Gasteiger charge is -2.34. The third kappa shape index (κ3) is 4.97. The predicted molar refractivity (Wildman–Crippen MR) is 130 cm³/mol. The number of piperazine rings is 1. The van der Waals surface area contributed by atoms with Gasteiger partial charge in [-0.15, -0.1) is 0 Å². The SMILES string of the molecule is O=C(c1ccc(-c2cc(C(F)(F)F)nn2-c2ccccc2Cl)cc1)N1CCN(C(=O)c2ccco2)CC1. The van der Waals surface area contributed by atoms with Gasteiger partial charge in [-0.05, 0) is 42.5 Å². The molecule has 190 valence electrons. The molecule has 1 saturated heterocycles. The summed E-state index contributed by atoms with van der Waals surface area (Å²) in [5.41, 5.74) is 0.258. The van der Waals surface area contributed by atoms with E-state index in [0.717, 1.165) is 10.7 Å². The molecule has 0 aliphatic carbocycles. The molecule has 0 saturated carbocycles. The molecule has 0 atom stereocenters. The van der Waals surface area contributed by atoms with Crippen LogP contribution in [0.3, 0.4) is 0 Å². The zero-order valence-corrected chi connectivity index (χ0v) is 20.0. The summed E-state index contributed by atoms with van der Waals surface area (Å²) in [6, 6.07) is 16.9. The van der Waals surface area contributed by atoms with Gasteiger partial charge in [0.05, 0.1) is 22.7 Å². The predicted octanol–water partition coefficient (Wildman–Crippen LogP) is 5.40. The van der Waals surface area contributed by atoms with Crippen LogP contribution in [0.1, 0.15) is 26.6 Å². The summed E-state index contributed by atoms with van der Waals surface area (Å²) in [7, 11) is 0. The van der Waals surface area contributed by atoms with E-state index in [1.165, 1.54) is 6.26 Å². The van der Waals surface area contributed by atoms with Crippen LogP contribution in [-0.2, 0) is 6.18 Å². The minimum atomic E-state index is -4.64. The third-order valence-corrected chi connectivity index (χ3v) is 6.41. The molecule has 0 spiro atoms. The number of hydrogen-bond acceptors (Lipinski definition) is 4. The lowest BCUT2D eigenvalue weighted by Crippen LogP contribution is -2.50. The van der Waals surface area contributed by atoms with Crippen molar-refractivity contribution in [2.45, 2.75) is 6.18 Å². The number of furan rings is 1. The number of carbonyl (C=O) groups excluding carboxylic acids is 2. The third-order valence-electron chi connectivity index (χ3n) is 6.09. The van der Waals surface area contributed by atoms with E-state index >= 15 is 0 Å². The van der Waals surface area contributed by atoms with Crippen molar-refractivity contribution >= 4 is 23.4 Å². The Balaban J connectivity index is 1.35. The van der Waals surface area contributed by atoms with E-state index in [9.17, 15) is 22.8 Å². The topological polar surface area (TPSA) is 71.6 Å². The van der Waals surface area contributed by atoms with E-state index in [0.29, 0.717) is 43.0 Å². The van der Waals surface area contributed by atoms with Crippen molar-refractivity contribution < 1.29 is 27.2 Å². The largest absolute Gasteiger partial charge is 0.459 e. The second-order valence-corrected chi connectivity index (χ2v) is 8.82. The Bertz CT molecular complexity index is 1420. The lowest BCUT2D eigenvalue weighted by molar-refractivity contribution is -0.141. The molecule has 11 heteroatoms. The van der Waals surface area contributed by atoms with Gasteiger partial charge in [0, 0.05) is 37.3 Å². The van der Waals surface area contributed by atoms with Crippen molar-refractivity contribution in [3.05, 3.63) is 95.0 Å². The molecule has 0 bridgehead atoms. The number of nitrogens with zero attached hydrogens (tertiary/aromatic N) is 4. The van der Waals surface area contributed by atoms with Crippen molar-refractivity contribution in [3.63, 3.8) is 0 Å². The van der Waals surface area contributed by atoms with Crippen LogP contribution >= 0.6 is 11.6 Å². The molecule has 0 radical (unpaired) electrons. The maximum Gasteiger partial charge on any atom is 0.435 e. The van der Waals surface area contributed by atoms with Crippen LogP contribution in [-0.4, -0.2) is 57.6 Å². The van der Waals surface area contributed by atoms with Gasteiger partial charge in [-0.2, -0.15) is 18.3 Å². The van der Waals surface area contributed by atoms with Gasteiger partial charge in [0.15, 0.2) is 11.5 Å². The van der Waals surface area contributed by atoms with Gasteiger partial charge < -0.3 is 14.2 Å². The molecule has 0 N–H and O–H groups in total. The van der Waals surface area contributed by atoms with Crippen LogP contribution < -0.4 is 0 Å². The number of amides is 2. The van der Waals surface area contributed by atoms with Crippen molar-refractivity contribution in [2.24, 2.45) is 0 Å².